The van der Waals surface area contributed by atoms with Crippen molar-refractivity contribution in [2.75, 3.05) is 6.61 Å². The summed E-state index contributed by atoms with van der Waals surface area (Å²) in [6, 6.07) is 13.1. The Kier molecular flexibility index (Phi) is 6.06. The van der Waals surface area contributed by atoms with Gasteiger partial charge in [-0.05, 0) is 48.7 Å². The number of carbonyl (C=O) groups excluding carboxylic acids is 2. The molecule has 3 aromatic rings. The number of thiophene rings is 1. The van der Waals surface area contributed by atoms with Gasteiger partial charge in [-0.3, -0.25) is 14.6 Å². The Labute approximate surface area is 188 Å². The highest BCUT2D eigenvalue weighted by molar-refractivity contribution is 7.10. The molecule has 1 aliphatic rings. The molecule has 3 heterocycles. The van der Waals surface area contributed by atoms with Crippen LogP contribution in [0.4, 0.5) is 0 Å². The van der Waals surface area contributed by atoms with Crippen molar-refractivity contribution in [1.82, 2.24) is 9.88 Å². The number of halogens is 1. The van der Waals surface area contributed by atoms with E-state index in [0.717, 1.165) is 4.88 Å². The van der Waals surface area contributed by atoms with Crippen LogP contribution in [-0.2, 0) is 16.1 Å². The normalized spacial score (nSPS) is 17.9. The second kappa shape index (κ2) is 8.91. The van der Waals surface area contributed by atoms with Crippen LogP contribution in [0.2, 0.25) is 5.02 Å². The molecule has 6 nitrogen and oxygen atoms in total. The van der Waals surface area contributed by atoms with Crippen LogP contribution < -0.4 is 4.74 Å². The lowest BCUT2D eigenvalue weighted by molar-refractivity contribution is -0.140. The molecule has 1 saturated heterocycles. The van der Waals surface area contributed by atoms with Crippen molar-refractivity contribution in [3.63, 3.8) is 0 Å². The van der Waals surface area contributed by atoms with Crippen molar-refractivity contribution < 1.29 is 19.4 Å². The number of carbonyl (C=O) groups is 2. The van der Waals surface area contributed by atoms with Crippen LogP contribution in [0.5, 0.6) is 5.75 Å². The van der Waals surface area contributed by atoms with Crippen LogP contribution in [0, 0.1) is 0 Å². The Hall–Kier alpha value is -3.16. The van der Waals surface area contributed by atoms with E-state index in [1.165, 1.54) is 16.2 Å². The maximum Gasteiger partial charge on any atom is 0.296 e. The number of benzene rings is 1. The molecule has 1 aliphatic heterocycles. The third-order valence-electron chi connectivity index (χ3n) is 4.92. The molecule has 1 unspecified atom stereocenters. The van der Waals surface area contributed by atoms with E-state index in [0.29, 0.717) is 28.6 Å². The topological polar surface area (TPSA) is 79.7 Å². The molecule has 0 spiro atoms. The van der Waals surface area contributed by atoms with Gasteiger partial charge >= 0.3 is 0 Å². The summed E-state index contributed by atoms with van der Waals surface area (Å²) >= 11 is 7.57. The zero-order chi connectivity index (χ0) is 22.0. The Morgan fingerprint density at radius 3 is 2.74 bits per heavy atom. The monoisotopic (exact) mass is 454 g/mol. The summed E-state index contributed by atoms with van der Waals surface area (Å²) in [6.07, 6.45) is 1.63. The molecule has 0 aliphatic carbocycles. The molecule has 1 N–H and O–H groups in total. The van der Waals surface area contributed by atoms with E-state index >= 15 is 0 Å². The zero-order valence-corrected chi connectivity index (χ0v) is 18.2. The smallest absolute Gasteiger partial charge is 0.296 e. The Morgan fingerprint density at radius 1 is 1.23 bits per heavy atom. The molecule has 1 aromatic carbocycles. The quantitative estimate of drug-likeness (QED) is 0.328. The predicted octanol–water partition coefficient (Wildman–Crippen LogP) is 4.82. The number of aliphatic hydroxyl groups excluding tert-OH is 1. The van der Waals surface area contributed by atoms with Crippen molar-refractivity contribution >= 4 is 40.4 Å². The third kappa shape index (κ3) is 4.06. The summed E-state index contributed by atoms with van der Waals surface area (Å²) in [4.78, 5) is 32.5. The van der Waals surface area contributed by atoms with E-state index in [4.69, 9.17) is 16.3 Å². The first-order valence-corrected chi connectivity index (χ1v) is 10.9. The average molecular weight is 455 g/mol. The van der Waals surface area contributed by atoms with Gasteiger partial charge in [-0.1, -0.05) is 23.7 Å². The molecule has 0 bridgehead atoms. The fourth-order valence-electron chi connectivity index (χ4n) is 3.52. The maximum absolute atomic E-state index is 13.0. The number of aromatic nitrogens is 1. The summed E-state index contributed by atoms with van der Waals surface area (Å²) in [5.74, 6) is -1.29. The molecule has 4 rings (SSSR count). The summed E-state index contributed by atoms with van der Waals surface area (Å²) in [7, 11) is 0. The number of aliphatic hydroxyl groups is 1. The average Bonchev–Trinajstić information content (AvgIpc) is 3.38. The number of Topliss-reactive ketones (excluding diaryl/α,β-unsaturated/α-hetero) is 1. The Bertz CT molecular complexity index is 1150. The van der Waals surface area contributed by atoms with Crippen LogP contribution in [0.15, 0.2) is 65.7 Å². The minimum atomic E-state index is -0.736. The zero-order valence-electron chi connectivity index (χ0n) is 16.6. The third-order valence-corrected chi connectivity index (χ3v) is 6.15. The number of ketones is 1. The lowest BCUT2D eigenvalue weighted by atomic mass is 9.99. The van der Waals surface area contributed by atoms with E-state index in [1.54, 1.807) is 36.5 Å². The molecule has 0 saturated carbocycles. The molecular formula is C23H19ClN2O4S. The van der Waals surface area contributed by atoms with Crippen LogP contribution in [0.1, 0.15) is 29.1 Å². The van der Waals surface area contributed by atoms with Gasteiger partial charge in [0.15, 0.2) is 0 Å². The lowest BCUT2D eigenvalue weighted by Gasteiger charge is -2.23. The number of amides is 1. The van der Waals surface area contributed by atoms with E-state index in [2.05, 4.69) is 4.98 Å². The number of pyridine rings is 1. The number of likely N-dealkylation sites (tertiary alicyclic amines) is 1. The SMILES string of the molecule is CCOc1cc(/C(O)=C2/C(=O)C(=O)N(Cc3ccccn3)C2c2cccs2)ccc1Cl. The lowest BCUT2D eigenvalue weighted by Crippen LogP contribution is -2.29. The minimum Gasteiger partial charge on any atom is -0.507 e. The van der Waals surface area contributed by atoms with Gasteiger partial charge in [0.1, 0.15) is 17.6 Å². The van der Waals surface area contributed by atoms with Gasteiger partial charge in [0, 0.05) is 16.6 Å². The van der Waals surface area contributed by atoms with E-state index in [-0.39, 0.29) is 17.9 Å². The fraction of sp³-hybridized carbons (Fsp3) is 0.174. The predicted molar refractivity (Wildman–Crippen MR) is 119 cm³/mol. The van der Waals surface area contributed by atoms with Crippen LogP contribution in [0.3, 0.4) is 0 Å². The number of nitrogens with zero attached hydrogens (tertiary/aromatic N) is 2. The van der Waals surface area contributed by atoms with Crippen molar-refractivity contribution in [2.24, 2.45) is 0 Å². The molecule has 8 heteroatoms. The van der Waals surface area contributed by atoms with Gasteiger partial charge in [0.25, 0.3) is 11.7 Å². The largest absolute Gasteiger partial charge is 0.507 e. The Morgan fingerprint density at radius 2 is 2.06 bits per heavy atom. The summed E-state index contributed by atoms with van der Waals surface area (Å²) in [5, 5.41) is 13.4. The van der Waals surface area contributed by atoms with Gasteiger partial charge in [-0.25, -0.2) is 0 Å². The van der Waals surface area contributed by atoms with Gasteiger partial charge in [-0.2, -0.15) is 0 Å². The van der Waals surface area contributed by atoms with Crippen LogP contribution >= 0.6 is 22.9 Å². The molecule has 31 heavy (non-hydrogen) atoms. The van der Waals surface area contributed by atoms with Gasteiger partial charge in [-0.15, -0.1) is 11.3 Å². The second-order valence-electron chi connectivity index (χ2n) is 6.84. The molecule has 158 valence electrons. The van der Waals surface area contributed by atoms with Crippen molar-refractivity contribution in [1.29, 1.82) is 0 Å². The van der Waals surface area contributed by atoms with Gasteiger partial charge < -0.3 is 14.7 Å². The highest BCUT2D eigenvalue weighted by Crippen LogP contribution is 2.42. The fourth-order valence-corrected chi connectivity index (χ4v) is 4.54. The minimum absolute atomic E-state index is 0.0353. The molecular weight excluding hydrogens is 436 g/mol. The number of hydrogen-bond donors (Lipinski definition) is 1. The highest BCUT2D eigenvalue weighted by Gasteiger charge is 2.46. The van der Waals surface area contributed by atoms with Crippen LogP contribution in [-0.4, -0.2) is 33.3 Å². The molecule has 2 aromatic heterocycles. The molecule has 1 fully saturated rings. The van der Waals surface area contributed by atoms with Crippen LogP contribution in [0.25, 0.3) is 5.76 Å². The molecule has 1 amide bonds. The van der Waals surface area contributed by atoms with Gasteiger partial charge in [0.2, 0.25) is 0 Å². The summed E-state index contributed by atoms with van der Waals surface area (Å²) in [6.45, 7) is 2.37. The number of ether oxygens (including phenoxy) is 1. The van der Waals surface area contributed by atoms with E-state index < -0.39 is 17.7 Å². The number of rotatable bonds is 6. The standard InChI is InChI=1S/C23H19ClN2O4S/c1-2-30-17-12-14(8-9-16(17)24)21(27)19-20(18-7-5-11-31-18)26(23(29)22(19)28)13-15-6-3-4-10-25-15/h3-12,20,27H,2,13H2,1H3/b21-19-. The maximum atomic E-state index is 13.0. The molecule has 0 radical (unpaired) electrons. The second-order valence-corrected chi connectivity index (χ2v) is 8.23. The first kappa shape index (κ1) is 21.1. The van der Waals surface area contributed by atoms with Crippen molar-refractivity contribution in [3.05, 3.63) is 86.8 Å². The molecule has 1 atom stereocenters. The number of hydrogen-bond acceptors (Lipinski definition) is 6. The first-order valence-electron chi connectivity index (χ1n) is 9.65. The van der Waals surface area contributed by atoms with Crippen molar-refractivity contribution in [2.45, 2.75) is 19.5 Å². The highest BCUT2D eigenvalue weighted by atomic mass is 35.5. The Balaban J connectivity index is 1.82. The summed E-state index contributed by atoms with van der Waals surface area (Å²) in [5.41, 5.74) is 1.04. The van der Waals surface area contributed by atoms with Crippen molar-refractivity contribution in [3.8, 4) is 5.75 Å². The van der Waals surface area contributed by atoms with Gasteiger partial charge in [0.05, 0.1) is 29.4 Å². The summed E-state index contributed by atoms with van der Waals surface area (Å²) < 4.78 is 5.50. The van der Waals surface area contributed by atoms with E-state index in [1.807, 2.05) is 30.5 Å². The first-order chi connectivity index (χ1) is 15.0. The van der Waals surface area contributed by atoms with E-state index in [9.17, 15) is 14.7 Å².